The van der Waals surface area contributed by atoms with Crippen LogP contribution in [0.5, 0.6) is 0 Å². The Morgan fingerprint density at radius 1 is 1.05 bits per heavy atom. The van der Waals surface area contributed by atoms with E-state index in [2.05, 4.69) is 50.4 Å². The Morgan fingerprint density at radius 2 is 1.71 bits per heavy atom. The van der Waals surface area contributed by atoms with Gasteiger partial charge >= 0.3 is 0 Å². The molecule has 118 valence electrons. The van der Waals surface area contributed by atoms with E-state index < -0.39 is 0 Å². The van der Waals surface area contributed by atoms with E-state index in [4.69, 9.17) is 0 Å². The van der Waals surface area contributed by atoms with Crippen LogP contribution in [0.4, 0.5) is 0 Å². The van der Waals surface area contributed by atoms with Gasteiger partial charge < -0.3 is 5.32 Å². The topological polar surface area (TPSA) is 12.0 Å². The molecule has 0 heterocycles. The molecule has 1 aliphatic rings. The highest BCUT2D eigenvalue weighted by Gasteiger charge is 2.17. The van der Waals surface area contributed by atoms with Crippen LogP contribution in [0, 0.1) is 5.92 Å². The van der Waals surface area contributed by atoms with Crippen molar-refractivity contribution in [2.24, 2.45) is 5.92 Å². The number of benzene rings is 1. The van der Waals surface area contributed by atoms with E-state index in [0.29, 0.717) is 6.04 Å². The first-order valence-electron chi connectivity index (χ1n) is 9.04. The van der Waals surface area contributed by atoms with Gasteiger partial charge in [-0.2, -0.15) is 0 Å². The third kappa shape index (κ3) is 5.14. The van der Waals surface area contributed by atoms with Crippen LogP contribution >= 0.6 is 0 Å². The van der Waals surface area contributed by atoms with Crippen LogP contribution in [0.3, 0.4) is 0 Å². The van der Waals surface area contributed by atoms with Crippen molar-refractivity contribution in [1.82, 2.24) is 5.32 Å². The van der Waals surface area contributed by atoms with Gasteiger partial charge in [-0.1, -0.05) is 64.3 Å². The van der Waals surface area contributed by atoms with E-state index >= 15 is 0 Å². The number of rotatable bonds is 7. The van der Waals surface area contributed by atoms with Gasteiger partial charge in [-0.25, -0.2) is 0 Å². The molecule has 2 rings (SSSR count). The van der Waals surface area contributed by atoms with Gasteiger partial charge in [-0.3, -0.25) is 0 Å². The molecule has 1 heteroatoms. The van der Waals surface area contributed by atoms with Crippen LogP contribution in [0.15, 0.2) is 24.3 Å². The summed E-state index contributed by atoms with van der Waals surface area (Å²) in [6.45, 7) is 7.99. The molecule has 0 aliphatic heterocycles. The van der Waals surface area contributed by atoms with Crippen molar-refractivity contribution < 1.29 is 0 Å². The predicted octanol–water partition coefficient (Wildman–Crippen LogP) is 5.82. The highest BCUT2D eigenvalue weighted by molar-refractivity contribution is 5.27. The Balaban J connectivity index is 2.03. The van der Waals surface area contributed by atoms with E-state index in [0.717, 1.165) is 18.4 Å². The average molecular weight is 287 g/mol. The van der Waals surface area contributed by atoms with E-state index in [-0.39, 0.29) is 0 Å². The molecule has 0 aromatic heterocycles. The van der Waals surface area contributed by atoms with Crippen LogP contribution < -0.4 is 5.32 Å². The molecule has 0 amide bonds. The highest BCUT2D eigenvalue weighted by Crippen LogP contribution is 2.33. The predicted molar refractivity (Wildman–Crippen MR) is 92.8 cm³/mol. The summed E-state index contributed by atoms with van der Waals surface area (Å²) in [5, 5.41) is 3.72. The second-order valence-electron chi connectivity index (χ2n) is 7.14. The van der Waals surface area contributed by atoms with E-state index in [9.17, 15) is 0 Å². The minimum absolute atomic E-state index is 0.519. The Morgan fingerprint density at radius 3 is 2.29 bits per heavy atom. The van der Waals surface area contributed by atoms with Crippen molar-refractivity contribution in [3.05, 3.63) is 35.4 Å². The number of hydrogen-bond acceptors (Lipinski definition) is 1. The molecule has 1 aliphatic carbocycles. The van der Waals surface area contributed by atoms with Crippen LogP contribution in [0.25, 0.3) is 0 Å². The standard InChI is InChI=1S/C20H33N/c1-4-14-21-20(15-16(2)3)19-12-10-18(11-13-19)17-8-6-5-7-9-17/h10-13,16-17,20-21H,4-9,14-15H2,1-3H3. The lowest BCUT2D eigenvalue weighted by Crippen LogP contribution is -2.23. The monoisotopic (exact) mass is 287 g/mol. The molecule has 0 radical (unpaired) electrons. The average Bonchev–Trinajstić information content (AvgIpc) is 2.52. The second-order valence-corrected chi connectivity index (χ2v) is 7.14. The molecular formula is C20H33N. The quantitative estimate of drug-likeness (QED) is 0.666. The minimum Gasteiger partial charge on any atom is -0.310 e. The fraction of sp³-hybridized carbons (Fsp3) is 0.700. The molecule has 1 fully saturated rings. The summed E-state index contributed by atoms with van der Waals surface area (Å²) in [5.74, 6) is 1.55. The first kappa shape index (κ1) is 16.5. The molecule has 1 saturated carbocycles. The van der Waals surface area contributed by atoms with Crippen LogP contribution in [0.2, 0.25) is 0 Å². The van der Waals surface area contributed by atoms with Crippen molar-refractivity contribution in [1.29, 1.82) is 0 Å². The van der Waals surface area contributed by atoms with Crippen molar-refractivity contribution in [3.8, 4) is 0 Å². The van der Waals surface area contributed by atoms with Gasteiger partial charge in [0.15, 0.2) is 0 Å². The lowest BCUT2D eigenvalue weighted by molar-refractivity contribution is 0.429. The highest BCUT2D eigenvalue weighted by atomic mass is 14.9. The van der Waals surface area contributed by atoms with Crippen molar-refractivity contribution in [2.45, 2.75) is 77.7 Å². The van der Waals surface area contributed by atoms with Gasteiger partial charge in [0.2, 0.25) is 0 Å². The molecular weight excluding hydrogens is 254 g/mol. The lowest BCUT2D eigenvalue weighted by atomic mass is 9.83. The summed E-state index contributed by atoms with van der Waals surface area (Å²) in [7, 11) is 0. The molecule has 1 atom stereocenters. The van der Waals surface area contributed by atoms with Crippen LogP contribution in [0.1, 0.15) is 88.8 Å². The minimum atomic E-state index is 0.519. The summed E-state index contributed by atoms with van der Waals surface area (Å²) in [4.78, 5) is 0. The lowest BCUT2D eigenvalue weighted by Gasteiger charge is -2.24. The zero-order valence-corrected chi connectivity index (χ0v) is 14.2. The van der Waals surface area contributed by atoms with Crippen LogP contribution in [-0.2, 0) is 0 Å². The fourth-order valence-corrected chi connectivity index (χ4v) is 3.56. The van der Waals surface area contributed by atoms with Crippen LogP contribution in [-0.4, -0.2) is 6.54 Å². The van der Waals surface area contributed by atoms with Gasteiger partial charge in [0.25, 0.3) is 0 Å². The summed E-state index contributed by atoms with van der Waals surface area (Å²) >= 11 is 0. The molecule has 21 heavy (non-hydrogen) atoms. The maximum atomic E-state index is 3.72. The van der Waals surface area contributed by atoms with Crippen molar-refractivity contribution >= 4 is 0 Å². The van der Waals surface area contributed by atoms with Crippen molar-refractivity contribution in [3.63, 3.8) is 0 Å². The second kappa shape index (κ2) is 8.58. The molecule has 0 bridgehead atoms. The van der Waals surface area contributed by atoms with E-state index in [1.807, 2.05) is 0 Å². The molecule has 1 nitrogen and oxygen atoms in total. The van der Waals surface area contributed by atoms with Gasteiger partial charge in [0.05, 0.1) is 0 Å². The Hall–Kier alpha value is -0.820. The summed E-state index contributed by atoms with van der Waals surface area (Å²) in [5.41, 5.74) is 3.04. The van der Waals surface area contributed by atoms with E-state index in [1.165, 1.54) is 50.5 Å². The summed E-state index contributed by atoms with van der Waals surface area (Å²) in [6.07, 6.45) is 9.48. The van der Waals surface area contributed by atoms with Gasteiger partial charge in [0, 0.05) is 6.04 Å². The molecule has 1 aromatic carbocycles. The summed E-state index contributed by atoms with van der Waals surface area (Å²) < 4.78 is 0. The first-order chi connectivity index (χ1) is 10.2. The van der Waals surface area contributed by atoms with Gasteiger partial charge in [-0.05, 0) is 55.2 Å². The number of hydrogen-bond donors (Lipinski definition) is 1. The normalized spacial score (nSPS) is 18.1. The Labute approximate surface area is 131 Å². The fourth-order valence-electron chi connectivity index (χ4n) is 3.56. The molecule has 1 aromatic rings. The maximum absolute atomic E-state index is 3.72. The maximum Gasteiger partial charge on any atom is 0.0322 e. The Bertz CT molecular complexity index is 387. The molecule has 1 N–H and O–H groups in total. The zero-order valence-electron chi connectivity index (χ0n) is 14.2. The third-order valence-corrected chi connectivity index (χ3v) is 4.76. The molecule has 0 spiro atoms. The first-order valence-corrected chi connectivity index (χ1v) is 9.04. The van der Waals surface area contributed by atoms with Gasteiger partial charge in [0.1, 0.15) is 0 Å². The smallest absolute Gasteiger partial charge is 0.0322 e. The SMILES string of the molecule is CCCNC(CC(C)C)c1ccc(C2CCCCC2)cc1. The zero-order chi connectivity index (χ0) is 15.1. The molecule has 1 unspecified atom stereocenters. The largest absolute Gasteiger partial charge is 0.310 e. The third-order valence-electron chi connectivity index (χ3n) is 4.76. The van der Waals surface area contributed by atoms with E-state index in [1.54, 1.807) is 5.56 Å². The summed E-state index contributed by atoms with van der Waals surface area (Å²) in [6, 6.07) is 10.1. The van der Waals surface area contributed by atoms with Gasteiger partial charge in [-0.15, -0.1) is 0 Å². The van der Waals surface area contributed by atoms with Crippen molar-refractivity contribution in [2.75, 3.05) is 6.54 Å². The molecule has 0 saturated heterocycles. The Kier molecular flexibility index (Phi) is 6.76. The number of nitrogens with one attached hydrogen (secondary N) is 1.